The normalized spacial score (nSPS) is 5.57. The molecule has 2 N–H and O–H groups in total. The molecule has 0 aromatic heterocycles. The summed E-state index contributed by atoms with van der Waals surface area (Å²) in [4.78, 5) is 11.6. The molecule has 0 bridgehead atoms. The molecule has 0 atom stereocenters. The Morgan fingerprint density at radius 2 is 1.71 bits per heavy atom. The van der Waals surface area contributed by atoms with Gasteiger partial charge in [-0.1, -0.05) is 0 Å². The first-order chi connectivity index (χ1) is 3.27. The number of carboxylic acid groups (broad SMARTS) is 1. The van der Waals surface area contributed by atoms with Crippen molar-refractivity contribution < 1.29 is 53.1 Å². The maximum atomic E-state index is 8.90. The van der Waals surface area contributed by atoms with Crippen LogP contribution in [0.15, 0.2) is 0 Å². The molecule has 0 radical (unpaired) electrons. The molecule has 0 aliphatic heterocycles. The van der Waals surface area contributed by atoms with Gasteiger partial charge in [0.15, 0.2) is 0 Å². The molecule has 0 fully saturated rings. The Morgan fingerprint density at radius 3 is 1.71 bits per heavy atom. The quantitative estimate of drug-likeness (QED) is 0.408. The van der Waals surface area contributed by atoms with Crippen molar-refractivity contribution >= 4 is 6.16 Å². The molecule has 5 nitrogen and oxygen atoms in total. The zero-order valence-electron chi connectivity index (χ0n) is 3.20. The van der Waals surface area contributed by atoms with E-state index in [-0.39, 0.29) is 31.0 Å². The van der Waals surface area contributed by atoms with E-state index in [2.05, 4.69) is 4.89 Å². The van der Waals surface area contributed by atoms with Gasteiger partial charge in [0.1, 0.15) is 0 Å². The Kier molecular flexibility index (Phi) is 13.8. The van der Waals surface area contributed by atoms with Gasteiger partial charge in [0, 0.05) is 0 Å². The molecule has 39 valence electrons. The first-order valence-electron chi connectivity index (χ1n) is 1.05. The summed E-state index contributed by atoms with van der Waals surface area (Å²) in [5.74, 6) is 0. The van der Waals surface area contributed by atoms with Gasteiger partial charge in [-0.3, -0.25) is 4.89 Å². The second-order valence-electron chi connectivity index (χ2n) is 0.357. The van der Waals surface area contributed by atoms with E-state index in [1.165, 1.54) is 0 Å². The first-order valence-corrected chi connectivity index (χ1v) is 2.21. The SMILES string of the molecule is O=C(O)OO.[O]=[Y]. The molecule has 7 heavy (non-hydrogen) atoms. The van der Waals surface area contributed by atoms with Gasteiger partial charge in [0.25, 0.3) is 0 Å². The molecule has 0 aliphatic rings. The van der Waals surface area contributed by atoms with Gasteiger partial charge < -0.3 is 5.11 Å². The summed E-state index contributed by atoms with van der Waals surface area (Å²) in [7, 11) is 0. The monoisotopic (exact) mass is 183 g/mol. The zero-order valence-corrected chi connectivity index (χ0v) is 6.03. The molecule has 6 heteroatoms. The summed E-state index contributed by atoms with van der Waals surface area (Å²) >= 11 is 0.100. The van der Waals surface area contributed by atoms with Crippen molar-refractivity contribution in [1.29, 1.82) is 0 Å². The molecular formula is CH2O5Y. The van der Waals surface area contributed by atoms with Crippen LogP contribution in [0.4, 0.5) is 4.79 Å². The van der Waals surface area contributed by atoms with Gasteiger partial charge in [0.05, 0.1) is 0 Å². The number of rotatable bonds is 0. The number of hydrogen-bond donors (Lipinski definition) is 2. The zero-order chi connectivity index (χ0) is 6.28. The van der Waals surface area contributed by atoms with Gasteiger partial charge in [0.2, 0.25) is 0 Å². The Balaban J connectivity index is 0. The average Bonchev–Trinajstić information content (AvgIpc) is 1.73. The van der Waals surface area contributed by atoms with E-state index in [0.29, 0.717) is 0 Å². The van der Waals surface area contributed by atoms with Crippen molar-refractivity contribution in [3.63, 3.8) is 0 Å². The van der Waals surface area contributed by atoms with E-state index >= 15 is 0 Å². The average molecular weight is 183 g/mol. The summed E-state index contributed by atoms with van der Waals surface area (Å²) in [5.41, 5.74) is 0. The maximum absolute atomic E-state index is 8.90. The summed E-state index contributed by atoms with van der Waals surface area (Å²) in [5, 5.41) is 14.3. The van der Waals surface area contributed by atoms with Crippen LogP contribution >= 0.6 is 0 Å². The van der Waals surface area contributed by atoms with Gasteiger partial charge in [-0.05, 0) is 0 Å². The van der Waals surface area contributed by atoms with Gasteiger partial charge >= 0.3 is 39.2 Å². The third-order valence-electron chi connectivity index (χ3n) is 0.0781. The fraction of sp³-hybridized carbons (Fsp3) is 0. The van der Waals surface area contributed by atoms with Crippen molar-refractivity contribution in [2.45, 2.75) is 0 Å². The van der Waals surface area contributed by atoms with E-state index < -0.39 is 6.16 Å². The molecule has 0 spiro atoms. The van der Waals surface area contributed by atoms with Crippen LogP contribution in [0.5, 0.6) is 0 Å². The van der Waals surface area contributed by atoms with E-state index in [1.54, 1.807) is 0 Å². The summed E-state index contributed by atoms with van der Waals surface area (Å²) < 4.78 is 8.38. The topological polar surface area (TPSA) is 83.8 Å². The fourth-order valence-corrected chi connectivity index (χ4v) is 0. The summed E-state index contributed by atoms with van der Waals surface area (Å²) in [6.45, 7) is 0. The molecule has 0 aromatic rings. The van der Waals surface area contributed by atoms with Crippen molar-refractivity contribution in [2.75, 3.05) is 0 Å². The molecule has 0 aliphatic carbocycles. The van der Waals surface area contributed by atoms with E-state index in [1.807, 2.05) is 0 Å². The van der Waals surface area contributed by atoms with E-state index in [4.69, 9.17) is 17.2 Å². The molecule has 0 saturated heterocycles. The van der Waals surface area contributed by atoms with Crippen LogP contribution < -0.4 is 0 Å². The predicted molar refractivity (Wildman–Crippen MR) is 12.4 cm³/mol. The van der Waals surface area contributed by atoms with Crippen LogP contribution in [-0.4, -0.2) is 16.5 Å². The fourth-order valence-electron chi connectivity index (χ4n) is 0. The molecule has 0 saturated carbocycles. The second kappa shape index (κ2) is 9.46. The third-order valence-corrected chi connectivity index (χ3v) is 0.0781. The molecule has 0 heterocycles. The number of hydrogen-bond acceptors (Lipinski definition) is 4. The standard InChI is InChI=1S/CH2O4.O.Y/c2-1(3)5-4;;/h4H,(H,2,3);;. The van der Waals surface area contributed by atoms with Crippen LogP contribution in [0.25, 0.3) is 0 Å². The van der Waals surface area contributed by atoms with Crippen molar-refractivity contribution in [1.82, 2.24) is 0 Å². The van der Waals surface area contributed by atoms with Crippen LogP contribution in [0, 0.1) is 0 Å². The summed E-state index contributed by atoms with van der Waals surface area (Å²) in [6.07, 6.45) is -1.69. The van der Waals surface area contributed by atoms with Crippen molar-refractivity contribution in [3.8, 4) is 0 Å². The Labute approximate surface area is 59.3 Å². The van der Waals surface area contributed by atoms with E-state index in [0.717, 1.165) is 0 Å². The van der Waals surface area contributed by atoms with Crippen LogP contribution in [0.1, 0.15) is 0 Å². The molecular weight excluding hydrogens is 181 g/mol. The third kappa shape index (κ3) is 23.0. The van der Waals surface area contributed by atoms with Crippen LogP contribution in [0.2, 0.25) is 0 Å². The van der Waals surface area contributed by atoms with Gasteiger partial charge in [-0.15, -0.1) is 0 Å². The van der Waals surface area contributed by atoms with Crippen LogP contribution in [-0.2, 0) is 37.9 Å². The Bertz CT molecular complexity index is 52.0. The second-order valence-corrected chi connectivity index (χ2v) is 0.357. The van der Waals surface area contributed by atoms with Gasteiger partial charge in [-0.25, -0.2) is 4.79 Å². The molecule has 0 amide bonds. The Morgan fingerprint density at radius 1 is 1.57 bits per heavy atom. The van der Waals surface area contributed by atoms with Gasteiger partial charge in [-0.2, -0.15) is 5.26 Å². The number of carbonyl (C=O) groups is 1. The summed E-state index contributed by atoms with van der Waals surface area (Å²) in [6, 6.07) is 0. The minimum absolute atomic E-state index is 0.100. The first kappa shape index (κ1) is 10.2. The van der Waals surface area contributed by atoms with E-state index in [9.17, 15) is 0 Å². The predicted octanol–water partition coefficient (Wildman–Crippen LogP) is 0.0327. The Hall–Kier alpha value is 0.134. The molecule has 0 unspecified atom stereocenters. The van der Waals surface area contributed by atoms with Crippen LogP contribution in [0.3, 0.4) is 0 Å². The van der Waals surface area contributed by atoms with Crippen molar-refractivity contribution in [2.24, 2.45) is 0 Å². The molecule has 0 aromatic carbocycles. The minimum atomic E-state index is -1.69. The molecule has 0 rings (SSSR count). The van der Waals surface area contributed by atoms with Crippen molar-refractivity contribution in [3.05, 3.63) is 0 Å².